The number of benzene rings is 5. The number of aryl methyl sites for hydroxylation is 2. The van der Waals surface area contributed by atoms with Crippen LogP contribution in [0.4, 0.5) is 51.7 Å². The summed E-state index contributed by atoms with van der Waals surface area (Å²) in [5, 5.41) is 65.9. The lowest BCUT2D eigenvalue weighted by Gasteiger charge is -2.22. The minimum Gasteiger partial charge on any atom is -0.505 e. The summed E-state index contributed by atoms with van der Waals surface area (Å²) in [6.07, 6.45) is 4.83. The maximum Gasteiger partial charge on any atom is 0.320 e. The Morgan fingerprint density at radius 3 is 2.03 bits per heavy atom. The van der Waals surface area contributed by atoms with Crippen molar-refractivity contribution in [1.29, 1.82) is 0 Å². The number of azo groups is 3. The third-order valence-corrected chi connectivity index (χ3v) is 12.0. The van der Waals surface area contributed by atoms with E-state index in [4.69, 9.17) is 5.26 Å². The van der Waals surface area contributed by atoms with E-state index in [9.17, 15) is 36.2 Å². The molecule has 332 valence electrons. The van der Waals surface area contributed by atoms with Gasteiger partial charge in [0.25, 0.3) is 20.2 Å². The van der Waals surface area contributed by atoms with E-state index in [2.05, 4.69) is 65.6 Å². The number of aromatic hydroxyl groups is 2. The zero-order valence-electron chi connectivity index (χ0n) is 33.6. The molecule has 0 bridgehead atoms. The number of anilines is 3. The van der Waals surface area contributed by atoms with Gasteiger partial charge in [0.15, 0.2) is 5.75 Å². The molecule has 7 N–H and O–H groups in total. The highest BCUT2D eigenvalue weighted by Crippen LogP contribution is 2.48. The zero-order valence-corrected chi connectivity index (χ0v) is 36.0. The van der Waals surface area contributed by atoms with Crippen LogP contribution in [0.5, 0.6) is 11.8 Å². The average molecular weight is 932 g/mol. The summed E-state index contributed by atoms with van der Waals surface area (Å²) in [5.74, 6) is -0.776. The molecule has 7 rings (SSSR count). The highest BCUT2D eigenvalue weighted by atomic mass is 32.2. The molecule has 0 atom stereocenters. The minimum absolute atomic E-state index is 0.0158. The van der Waals surface area contributed by atoms with Gasteiger partial charge in [-0.15, -0.1) is 14.6 Å². The van der Waals surface area contributed by atoms with Crippen LogP contribution < -0.4 is 10.6 Å². The van der Waals surface area contributed by atoms with Crippen LogP contribution in [-0.4, -0.2) is 62.4 Å². The number of hydrogen-bond acceptors (Lipinski definition) is 21. The second-order valence-corrected chi connectivity index (χ2v) is 17.8. The van der Waals surface area contributed by atoms with E-state index >= 15 is 0 Å². The van der Waals surface area contributed by atoms with Crippen LogP contribution in [0.15, 0.2) is 124 Å². The number of aromatic nitrogens is 3. The van der Waals surface area contributed by atoms with Gasteiger partial charge in [0.2, 0.25) is 11.9 Å². The molecule has 22 nitrogen and oxygen atoms in total. The van der Waals surface area contributed by atoms with E-state index in [0.717, 1.165) is 50.3 Å². The van der Waals surface area contributed by atoms with Crippen molar-refractivity contribution in [1.82, 2.24) is 15.0 Å². The van der Waals surface area contributed by atoms with E-state index in [1.54, 1.807) is 56.3 Å². The molecule has 0 unspecified atom stereocenters. The molecule has 25 heteroatoms. The minimum atomic E-state index is -4.84. The van der Waals surface area contributed by atoms with Crippen LogP contribution >= 0.6 is 12.0 Å². The van der Waals surface area contributed by atoms with Crippen LogP contribution in [0, 0.1) is 13.8 Å². The van der Waals surface area contributed by atoms with Crippen LogP contribution in [-0.2, 0) is 29.6 Å². The standard InChI is InChI=1S/C39H37N11O11S3/c1-21-16-30(22(2)15-29(21)48-47-28-14-13-26(19-33(28)64(57,58)59)46-45-25-11-7-4-8-12-25)49-50-35-32(62-61-60-53)18-23-17-27(63(54,55)56)20-31(34(23)36(35)51)41-38-42-37(43-39(52)44-38)40-24-9-5-3-6-10-24/h4,7-8,11-20,24,51,53H,3,5-6,9-10H2,1-2H3,(H,54,55,56)(H,57,58,59)(H3,40,41,42,43,44,52). The molecule has 1 fully saturated rings. The summed E-state index contributed by atoms with van der Waals surface area (Å²) in [4.78, 5) is 11.0. The summed E-state index contributed by atoms with van der Waals surface area (Å²) in [6, 6.07) is 18.6. The van der Waals surface area contributed by atoms with Crippen molar-refractivity contribution in [3.05, 3.63) is 90.0 Å². The number of rotatable bonds is 15. The van der Waals surface area contributed by atoms with Crippen molar-refractivity contribution in [3.8, 4) is 11.8 Å². The van der Waals surface area contributed by atoms with Crippen molar-refractivity contribution < 1.29 is 50.8 Å². The lowest BCUT2D eigenvalue weighted by Crippen LogP contribution is -2.23. The smallest absolute Gasteiger partial charge is 0.320 e. The molecule has 0 radical (unpaired) electrons. The Labute approximate surface area is 368 Å². The van der Waals surface area contributed by atoms with Crippen molar-refractivity contribution in [2.75, 3.05) is 10.6 Å². The van der Waals surface area contributed by atoms with Gasteiger partial charge in [0.05, 0.1) is 50.3 Å². The lowest BCUT2D eigenvalue weighted by molar-refractivity contribution is -0.432. The predicted octanol–water partition coefficient (Wildman–Crippen LogP) is 10.7. The second kappa shape index (κ2) is 19.4. The summed E-state index contributed by atoms with van der Waals surface area (Å²) >= 11 is 0.382. The highest BCUT2D eigenvalue weighted by molar-refractivity contribution is 7.94. The number of nitrogens with zero attached hydrogens (tertiary/aromatic N) is 9. The number of fused-ring (bicyclic) bond motifs is 1. The summed E-state index contributed by atoms with van der Waals surface area (Å²) in [5.41, 5.74) is 1.67. The molecule has 1 aliphatic carbocycles. The predicted molar refractivity (Wildman–Crippen MR) is 232 cm³/mol. The van der Waals surface area contributed by atoms with E-state index < -0.39 is 41.8 Å². The first-order chi connectivity index (χ1) is 30.5. The number of phenolic OH excluding ortho intramolecular Hbond substituents is 1. The molecule has 1 saturated carbocycles. The molecule has 6 aromatic rings. The van der Waals surface area contributed by atoms with Crippen molar-refractivity contribution in [2.24, 2.45) is 30.7 Å². The molecular weight excluding hydrogens is 895 g/mol. The van der Waals surface area contributed by atoms with Crippen LogP contribution in [0.3, 0.4) is 0 Å². The van der Waals surface area contributed by atoms with E-state index in [1.165, 1.54) is 18.2 Å². The monoisotopic (exact) mass is 931 g/mol. The molecule has 0 spiro atoms. The Morgan fingerprint density at radius 2 is 1.36 bits per heavy atom. The SMILES string of the molecule is Cc1cc(N=Nc2c(SOOO)cc3cc(S(=O)(=O)O)cc(Nc4nc(O)nc(NC5CCCCC5)n4)c3c2O)c(C)cc1N=Nc1ccc(N=Nc2ccccc2)cc1S(=O)(=O)O. The third-order valence-electron chi connectivity index (χ3n) is 9.68. The molecule has 5 aromatic carbocycles. The van der Waals surface area contributed by atoms with Gasteiger partial charge in [-0.25, -0.2) is 5.26 Å². The molecular formula is C39H37N11O11S3. The Balaban J connectivity index is 1.23. The van der Waals surface area contributed by atoms with Gasteiger partial charge in [-0.3, -0.25) is 9.11 Å². The van der Waals surface area contributed by atoms with E-state index in [-0.39, 0.29) is 62.0 Å². The molecule has 0 amide bonds. The molecule has 1 heterocycles. The van der Waals surface area contributed by atoms with Gasteiger partial charge < -0.3 is 20.8 Å². The summed E-state index contributed by atoms with van der Waals surface area (Å²) in [6.45, 7) is 3.34. The second-order valence-electron chi connectivity index (χ2n) is 14.2. The summed E-state index contributed by atoms with van der Waals surface area (Å²) in [7, 11) is -9.60. The maximum atomic E-state index is 12.4. The Bertz CT molecular complexity index is 3040. The fraction of sp³-hybridized carbons (Fsp3) is 0.205. The van der Waals surface area contributed by atoms with Crippen molar-refractivity contribution in [2.45, 2.75) is 66.7 Å². The largest absolute Gasteiger partial charge is 0.505 e. The van der Waals surface area contributed by atoms with E-state index in [0.29, 0.717) is 34.5 Å². The zero-order chi connectivity index (χ0) is 45.6. The van der Waals surface area contributed by atoms with Crippen LogP contribution in [0.1, 0.15) is 43.2 Å². The fourth-order valence-corrected chi connectivity index (χ4v) is 8.31. The maximum absolute atomic E-state index is 12.4. The van der Waals surface area contributed by atoms with Crippen molar-refractivity contribution >= 4 is 94.8 Å². The van der Waals surface area contributed by atoms with Crippen molar-refractivity contribution in [3.63, 3.8) is 0 Å². The first-order valence-electron chi connectivity index (χ1n) is 19.0. The fourth-order valence-electron chi connectivity index (χ4n) is 6.63. The Morgan fingerprint density at radius 1 is 0.703 bits per heavy atom. The summed E-state index contributed by atoms with van der Waals surface area (Å²) < 4.78 is 74.1. The first kappa shape index (κ1) is 45.4. The quantitative estimate of drug-likeness (QED) is 0.0165. The highest BCUT2D eigenvalue weighted by Gasteiger charge is 2.24. The molecule has 0 saturated heterocycles. The number of hydrogen-bond donors (Lipinski definition) is 7. The number of nitrogens with one attached hydrogen (secondary N) is 2. The normalized spacial score (nSPS) is 14.0. The average Bonchev–Trinajstić information content (AvgIpc) is 3.25. The first-order valence-corrected chi connectivity index (χ1v) is 22.7. The van der Waals surface area contributed by atoms with Gasteiger partial charge in [-0.05, 0) is 104 Å². The lowest BCUT2D eigenvalue weighted by atomic mass is 9.96. The number of phenols is 1. The van der Waals surface area contributed by atoms with Gasteiger partial charge in [0, 0.05) is 11.4 Å². The molecule has 64 heavy (non-hydrogen) atoms. The molecule has 1 aromatic heterocycles. The van der Waals surface area contributed by atoms with E-state index in [1.807, 2.05) is 0 Å². The topological polar surface area (TPSA) is 325 Å². The van der Waals surface area contributed by atoms with Crippen LogP contribution in [0.2, 0.25) is 0 Å². The van der Waals surface area contributed by atoms with Crippen LogP contribution in [0.25, 0.3) is 10.8 Å². The third kappa shape index (κ3) is 11.1. The molecule has 0 aliphatic heterocycles. The van der Waals surface area contributed by atoms with Gasteiger partial charge in [0.1, 0.15) is 16.3 Å². The molecule has 1 aliphatic rings. The van der Waals surface area contributed by atoms with Gasteiger partial charge in [-0.2, -0.15) is 52.2 Å². The Hall–Kier alpha value is -6.58. The van der Waals surface area contributed by atoms with Gasteiger partial charge in [-0.1, -0.05) is 42.5 Å². The van der Waals surface area contributed by atoms with Gasteiger partial charge >= 0.3 is 6.01 Å². The Kier molecular flexibility index (Phi) is 13.8.